The molecule has 1 heterocycles. The second-order valence-corrected chi connectivity index (χ2v) is 7.33. The van der Waals surface area contributed by atoms with Gasteiger partial charge in [-0.15, -0.1) is 11.8 Å². The summed E-state index contributed by atoms with van der Waals surface area (Å²) in [5.41, 5.74) is 3.77. The first-order valence-electron chi connectivity index (χ1n) is 8.48. The van der Waals surface area contributed by atoms with Gasteiger partial charge in [0, 0.05) is 11.4 Å². The lowest BCUT2D eigenvalue weighted by Gasteiger charge is -2.23. The van der Waals surface area contributed by atoms with Crippen LogP contribution in [0.3, 0.4) is 0 Å². The molecule has 5 nitrogen and oxygen atoms in total. The van der Waals surface area contributed by atoms with E-state index in [1.54, 1.807) is 11.8 Å². The van der Waals surface area contributed by atoms with Crippen molar-refractivity contribution in [3.05, 3.63) is 65.2 Å². The molecule has 0 bridgehead atoms. The number of hydrogen-bond donors (Lipinski definition) is 1. The molecule has 3 rings (SSSR count). The van der Waals surface area contributed by atoms with E-state index in [2.05, 4.69) is 5.32 Å². The quantitative estimate of drug-likeness (QED) is 0.885. The number of nitrogens with one attached hydrogen (secondary N) is 1. The number of carbonyl (C=O) groups excluding carboxylic acids is 2. The van der Waals surface area contributed by atoms with Crippen LogP contribution in [0, 0.1) is 13.8 Å². The summed E-state index contributed by atoms with van der Waals surface area (Å²) in [4.78, 5) is 26.6. The molecule has 0 aliphatic carbocycles. The van der Waals surface area contributed by atoms with E-state index in [9.17, 15) is 9.59 Å². The molecule has 2 amide bonds. The molecule has 136 valence electrons. The number of benzene rings is 2. The third-order valence-electron chi connectivity index (χ3n) is 4.28. The molecule has 0 spiro atoms. The lowest BCUT2D eigenvalue weighted by Crippen LogP contribution is -2.44. The Bertz CT molecular complexity index is 795. The number of hydrogen-bond acceptors (Lipinski definition) is 4. The van der Waals surface area contributed by atoms with Crippen LogP contribution < -0.4 is 5.32 Å². The van der Waals surface area contributed by atoms with Crippen molar-refractivity contribution < 1.29 is 14.3 Å². The van der Waals surface area contributed by atoms with Crippen molar-refractivity contribution in [2.45, 2.75) is 26.5 Å². The van der Waals surface area contributed by atoms with Gasteiger partial charge in [-0.3, -0.25) is 9.69 Å². The van der Waals surface area contributed by atoms with Crippen molar-refractivity contribution in [3.8, 4) is 0 Å². The van der Waals surface area contributed by atoms with Gasteiger partial charge in [0.15, 0.2) is 0 Å². The van der Waals surface area contributed by atoms with E-state index < -0.39 is 12.1 Å². The minimum Gasteiger partial charge on any atom is -0.445 e. The first kappa shape index (κ1) is 18.3. The number of aryl methyl sites for hydroxylation is 2. The number of thioether (sulfide) groups is 1. The van der Waals surface area contributed by atoms with E-state index in [0.29, 0.717) is 11.6 Å². The van der Waals surface area contributed by atoms with Crippen molar-refractivity contribution in [2.24, 2.45) is 0 Å². The van der Waals surface area contributed by atoms with Crippen LogP contribution in [0.2, 0.25) is 0 Å². The molecule has 1 unspecified atom stereocenters. The molecular formula is C20H22N2O3S. The van der Waals surface area contributed by atoms with Crippen molar-refractivity contribution in [1.29, 1.82) is 0 Å². The molecule has 1 atom stereocenters. The maximum absolute atomic E-state index is 12.7. The van der Waals surface area contributed by atoms with E-state index in [4.69, 9.17) is 4.74 Å². The van der Waals surface area contributed by atoms with Gasteiger partial charge < -0.3 is 10.1 Å². The Morgan fingerprint density at radius 2 is 1.96 bits per heavy atom. The van der Waals surface area contributed by atoms with Crippen LogP contribution in [-0.4, -0.2) is 34.6 Å². The summed E-state index contributed by atoms with van der Waals surface area (Å²) < 4.78 is 5.38. The molecule has 1 N–H and O–H groups in total. The Kier molecular flexibility index (Phi) is 5.83. The van der Waals surface area contributed by atoms with Gasteiger partial charge in [0.1, 0.15) is 12.6 Å². The summed E-state index contributed by atoms with van der Waals surface area (Å²) in [6.45, 7) is 4.13. The fraction of sp³-hybridized carbons (Fsp3) is 0.300. The molecule has 1 aliphatic heterocycles. The highest BCUT2D eigenvalue weighted by Gasteiger charge is 2.35. The molecule has 26 heavy (non-hydrogen) atoms. The molecule has 2 aromatic rings. The first-order valence-corrected chi connectivity index (χ1v) is 9.63. The minimum absolute atomic E-state index is 0.180. The standard InChI is InChI=1S/C20H22N2O3S/c1-14-8-9-15(2)17(10-14)21-19(23)18-12-26-13-22(18)20(24)25-11-16-6-4-3-5-7-16/h3-10,18H,11-13H2,1-2H3,(H,21,23). The van der Waals surface area contributed by atoms with Crippen molar-refractivity contribution in [1.82, 2.24) is 4.90 Å². The summed E-state index contributed by atoms with van der Waals surface area (Å²) in [7, 11) is 0. The van der Waals surface area contributed by atoms with E-state index in [1.165, 1.54) is 4.90 Å². The van der Waals surface area contributed by atoms with Crippen molar-refractivity contribution in [2.75, 3.05) is 16.9 Å². The fourth-order valence-electron chi connectivity index (χ4n) is 2.73. The van der Waals surface area contributed by atoms with E-state index >= 15 is 0 Å². The second-order valence-electron chi connectivity index (χ2n) is 6.33. The van der Waals surface area contributed by atoms with E-state index in [-0.39, 0.29) is 12.5 Å². The predicted octanol–water partition coefficient (Wildman–Crippen LogP) is 3.95. The van der Waals surface area contributed by atoms with Crippen LogP contribution >= 0.6 is 11.8 Å². The van der Waals surface area contributed by atoms with Gasteiger partial charge >= 0.3 is 6.09 Å². The summed E-state index contributed by atoms with van der Waals surface area (Å²) in [6.07, 6.45) is -0.458. The average molecular weight is 370 g/mol. The largest absolute Gasteiger partial charge is 0.445 e. The Morgan fingerprint density at radius 1 is 1.19 bits per heavy atom. The van der Waals surface area contributed by atoms with Gasteiger partial charge in [0.25, 0.3) is 0 Å². The first-order chi connectivity index (χ1) is 12.5. The topological polar surface area (TPSA) is 58.6 Å². The van der Waals surface area contributed by atoms with Gasteiger partial charge in [0.05, 0.1) is 5.88 Å². The third-order valence-corrected chi connectivity index (χ3v) is 5.29. The SMILES string of the molecule is Cc1ccc(C)c(NC(=O)C2CSCN2C(=O)OCc2ccccc2)c1. The predicted molar refractivity (Wildman–Crippen MR) is 104 cm³/mol. The molecule has 0 saturated carbocycles. The maximum atomic E-state index is 12.7. The van der Waals surface area contributed by atoms with Gasteiger partial charge in [-0.05, 0) is 36.6 Å². The summed E-state index contributed by atoms with van der Waals surface area (Å²) >= 11 is 1.55. The number of nitrogens with zero attached hydrogens (tertiary/aromatic N) is 1. The van der Waals surface area contributed by atoms with Gasteiger partial charge in [-0.25, -0.2) is 4.79 Å². The van der Waals surface area contributed by atoms with Crippen LogP contribution in [0.25, 0.3) is 0 Å². The molecular weight excluding hydrogens is 348 g/mol. The molecule has 0 radical (unpaired) electrons. The molecule has 1 saturated heterocycles. The number of anilines is 1. The maximum Gasteiger partial charge on any atom is 0.411 e. The van der Waals surface area contributed by atoms with Gasteiger partial charge in [-0.2, -0.15) is 0 Å². The van der Waals surface area contributed by atoms with Crippen molar-refractivity contribution in [3.63, 3.8) is 0 Å². The molecule has 6 heteroatoms. The Hall–Kier alpha value is -2.47. The summed E-state index contributed by atoms with van der Waals surface area (Å²) in [5.74, 6) is 0.843. The minimum atomic E-state index is -0.525. The van der Waals surface area contributed by atoms with Gasteiger partial charge in [-0.1, -0.05) is 42.5 Å². The zero-order valence-electron chi connectivity index (χ0n) is 14.9. The molecule has 2 aromatic carbocycles. The van der Waals surface area contributed by atoms with Crippen LogP contribution in [0.15, 0.2) is 48.5 Å². The molecule has 1 aliphatic rings. The lowest BCUT2D eigenvalue weighted by molar-refractivity contribution is -0.119. The summed E-state index contributed by atoms with van der Waals surface area (Å²) in [5, 5.41) is 2.95. The number of ether oxygens (including phenoxy) is 1. The number of carbonyl (C=O) groups is 2. The number of amides is 2. The highest BCUT2D eigenvalue weighted by molar-refractivity contribution is 7.99. The smallest absolute Gasteiger partial charge is 0.411 e. The van der Waals surface area contributed by atoms with Crippen LogP contribution in [0.5, 0.6) is 0 Å². The zero-order valence-corrected chi connectivity index (χ0v) is 15.7. The molecule has 1 fully saturated rings. The average Bonchev–Trinajstić information content (AvgIpc) is 3.13. The normalized spacial score (nSPS) is 16.4. The lowest BCUT2D eigenvalue weighted by atomic mass is 10.1. The van der Waals surface area contributed by atoms with E-state index in [1.807, 2.05) is 62.4 Å². The fourth-order valence-corrected chi connectivity index (χ4v) is 3.87. The Labute approximate surface area is 157 Å². The monoisotopic (exact) mass is 370 g/mol. The third kappa shape index (κ3) is 4.38. The Balaban J connectivity index is 1.62. The van der Waals surface area contributed by atoms with Crippen molar-refractivity contribution >= 4 is 29.4 Å². The zero-order chi connectivity index (χ0) is 18.5. The Morgan fingerprint density at radius 3 is 2.73 bits per heavy atom. The highest BCUT2D eigenvalue weighted by Crippen LogP contribution is 2.24. The summed E-state index contributed by atoms with van der Waals surface area (Å²) in [6, 6.07) is 14.9. The highest BCUT2D eigenvalue weighted by atomic mass is 32.2. The van der Waals surface area contributed by atoms with Crippen LogP contribution in [0.4, 0.5) is 10.5 Å². The van der Waals surface area contributed by atoms with E-state index in [0.717, 1.165) is 22.4 Å². The van der Waals surface area contributed by atoms with Gasteiger partial charge in [0.2, 0.25) is 5.91 Å². The second kappa shape index (κ2) is 8.27. The van der Waals surface area contributed by atoms with Crippen LogP contribution in [0.1, 0.15) is 16.7 Å². The molecule has 0 aromatic heterocycles. The number of rotatable bonds is 4. The van der Waals surface area contributed by atoms with Crippen LogP contribution in [-0.2, 0) is 16.1 Å².